The molecule has 2 aliphatic rings. The van der Waals surface area contributed by atoms with E-state index in [-0.39, 0.29) is 22.4 Å². The summed E-state index contributed by atoms with van der Waals surface area (Å²) in [6.07, 6.45) is 0. The number of anilines is 3. The quantitative estimate of drug-likeness (QED) is 0.197. The number of aromatic nitrogens is 2. The Morgan fingerprint density at radius 1 is 0.582 bits per heavy atom. The number of nitrogens with zero attached hydrogens (tertiary/aromatic N) is 3. The van der Waals surface area contributed by atoms with Gasteiger partial charge in [0.05, 0.1) is 22.5 Å². The van der Waals surface area contributed by atoms with Crippen LogP contribution in [0.1, 0.15) is 80.6 Å². The predicted octanol–water partition coefficient (Wildman–Crippen LogP) is 12.7. The van der Waals surface area contributed by atoms with Crippen molar-refractivity contribution < 1.29 is 9.50 Å². The van der Waals surface area contributed by atoms with Crippen LogP contribution in [-0.2, 0) is 16.2 Å². The lowest BCUT2D eigenvalue weighted by atomic mass is 9.69. The molecule has 1 N–H and O–H groups in total. The van der Waals surface area contributed by atoms with E-state index in [2.05, 4.69) is 90.1 Å². The first kappa shape index (κ1) is 34.7. The number of pyridine rings is 2. The number of hydrogen-bond acceptors (Lipinski definition) is 4. The molecule has 2 aliphatic carbocycles. The Morgan fingerprint density at radius 2 is 1.24 bits per heavy atom. The summed E-state index contributed by atoms with van der Waals surface area (Å²) < 4.78 is 15.7. The Bertz CT molecular complexity index is 2600. The second-order valence-corrected chi connectivity index (χ2v) is 17.1. The maximum Gasteiger partial charge on any atom is 0.138 e. The summed E-state index contributed by atoms with van der Waals surface area (Å²) in [7, 11) is 0. The Balaban J connectivity index is 1.33. The van der Waals surface area contributed by atoms with Gasteiger partial charge >= 0.3 is 0 Å². The molecule has 1 spiro atoms. The van der Waals surface area contributed by atoms with E-state index in [1.54, 1.807) is 12.1 Å². The minimum Gasteiger partial charge on any atom is -0.507 e. The van der Waals surface area contributed by atoms with Crippen LogP contribution in [0.15, 0.2) is 133 Å². The fourth-order valence-electron chi connectivity index (χ4n) is 8.70. The van der Waals surface area contributed by atoms with Crippen LogP contribution in [0, 0.1) is 12.7 Å². The van der Waals surface area contributed by atoms with E-state index in [4.69, 9.17) is 9.97 Å². The molecule has 0 aliphatic heterocycles. The van der Waals surface area contributed by atoms with Gasteiger partial charge in [0, 0.05) is 22.5 Å². The zero-order valence-electron chi connectivity index (χ0n) is 32.4. The number of aryl methyl sites for hydroxylation is 1. The molecule has 5 heteroatoms. The van der Waals surface area contributed by atoms with Crippen LogP contribution in [-0.4, -0.2) is 15.1 Å². The monoisotopic (exact) mass is 721 g/mol. The molecule has 0 atom stereocenters. The third kappa shape index (κ3) is 5.39. The van der Waals surface area contributed by atoms with Crippen LogP contribution < -0.4 is 4.90 Å². The van der Waals surface area contributed by atoms with Crippen molar-refractivity contribution in [1.82, 2.24) is 9.97 Å². The molecule has 55 heavy (non-hydrogen) atoms. The molecule has 0 fully saturated rings. The van der Waals surface area contributed by atoms with E-state index in [0.29, 0.717) is 28.5 Å². The van der Waals surface area contributed by atoms with Gasteiger partial charge in [0.2, 0.25) is 0 Å². The van der Waals surface area contributed by atoms with Gasteiger partial charge in [-0.25, -0.2) is 9.37 Å². The number of aromatic hydroxyl groups is 1. The molecule has 0 saturated carbocycles. The summed E-state index contributed by atoms with van der Waals surface area (Å²) in [5.41, 5.74) is 13.5. The number of rotatable bonds is 4. The van der Waals surface area contributed by atoms with Gasteiger partial charge in [-0.3, -0.25) is 9.88 Å². The van der Waals surface area contributed by atoms with Gasteiger partial charge in [-0.2, -0.15) is 0 Å². The topological polar surface area (TPSA) is 49.2 Å². The van der Waals surface area contributed by atoms with Gasteiger partial charge in [0.25, 0.3) is 0 Å². The minimum atomic E-state index is -0.720. The van der Waals surface area contributed by atoms with E-state index in [0.717, 1.165) is 28.1 Å². The first-order chi connectivity index (χ1) is 26.2. The summed E-state index contributed by atoms with van der Waals surface area (Å²) in [5, 5.41) is 11.9. The maximum absolute atomic E-state index is 15.7. The summed E-state index contributed by atoms with van der Waals surface area (Å²) in [5.74, 6) is 0.414. The van der Waals surface area contributed by atoms with E-state index >= 15 is 4.39 Å². The molecule has 0 saturated heterocycles. The largest absolute Gasteiger partial charge is 0.507 e. The van der Waals surface area contributed by atoms with Crippen molar-refractivity contribution in [3.8, 4) is 39.4 Å². The highest BCUT2D eigenvalue weighted by Crippen LogP contribution is 2.64. The number of fused-ring (bicyclic) bond motifs is 10. The third-order valence-electron chi connectivity index (χ3n) is 11.4. The van der Waals surface area contributed by atoms with Crippen molar-refractivity contribution in [3.05, 3.63) is 178 Å². The van der Waals surface area contributed by atoms with Crippen molar-refractivity contribution >= 4 is 17.2 Å². The molecule has 2 aromatic heterocycles. The van der Waals surface area contributed by atoms with Gasteiger partial charge in [-0.1, -0.05) is 120 Å². The van der Waals surface area contributed by atoms with Crippen molar-refractivity contribution in [2.75, 3.05) is 4.90 Å². The predicted molar refractivity (Wildman–Crippen MR) is 222 cm³/mol. The minimum absolute atomic E-state index is 0.0826. The first-order valence-electron chi connectivity index (χ1n) is 19.0. The molecule has 4 nitrogen and oxygen atoms in total. The summed E-state index contributed by atoms with van der Waals surface area (Å²) in [6, 6.07) is 44.7. The second kappa shape index (κ2) is 12.2. The Kier molecular flexibility index (Phi) is 7.71. The zero-order valence-corrected chi connectivity index (χ0v) is 32.4. The molecule has 272 valence electrons. The van der Waals surface area contributed by atoms with Crippen molar-refractivity contribution in [2.24, 2.45) is 0 Å². The number of halogens is 1. The standard InChI is InChI=1S/C50H44FN3O/c1-30-13-11-17-43(52-30)31-25-34(51)29-36(26-31)54(35-14-9-8-10-15-35)45-24-23-40-47(53-45)46-39(16-12-18-44(46)55)50(40)41-27-32(48(2,3)4)19-21-37(41)38-22-20-33(28-42(38)50)49(5,6)7/h8-29,55H,1-7H3. The van der Waals surface area contributed by atoms with Gasteiger partial charge < -0.3 is 5.11 Å². The summed E-state index contributed by atoms with van der Waals surface area (Å²) >= 11 is 0. The highest BCUT2D eigenvalue weighted by atomic mass is 19.1. The number of phenolic OH excluding ortho intramolecular Hbond substituents is 1. The van der Waals surface area contributed by atoms with Gasteiger partial charge in [-0.05, 0) is 117 Å². The highest BCUT2D eigenvalue weighted by Gasteiger charge is 2.54. The third-order valence-corrected chi connectivity index (χ3v) is 11.4. The maximum atomic E-state index is 15.7. The second-order valence-electron chi connectivity index (χ2n) is 17.1. The van der Waals surface area contributed by atoms with Gasteiger partial charge in [0.1, 0.15) is 17.4 Å². The van der Waals surface area contributed by atoms with Crippen molar-refractivity contribution in [3.63, 3.8) is 0 Å². The first-order valence-corrected chi connectivity index (χ1v) is 19.0. The molecular weight excluding hydrogens is 678 g/mol. The molecule has 0 amide bonds. The number of para-hydroxylation sites is 1. The van der Waals surface area contributed by atoms with Crippen molar-refractivity contribution in [1.29, 1.82) is 0 Å². The van der Waals surface area contributed by atoms with Crippen LogP contribution in [0.4, 0.5) is 21.6 Å². The van der Waals surface area contributed by atoms with Crippen LogP contribution in [0.2, 0.25) is 0 Å². The highest BCUT2D eigenvalue weighted by molar-refractivity contribution is 5.96. The van der Waals surface area contributed by atoms with Gasteiger partial charge in [0.15, 0.2) is 0 Å². The fourth-order valence-corrected chi connectivity index (χ4v) is 8.70. The van der Waals surface area contributed by atoms with E-state index in [1.807, 2.05) is 78.6 Å². The van der Waals surface area contributed by atoms with E-state index in [9.17, 15) is 5.11 Å². The molecule has 0 bridgehead atoms. The number of benzene rings is 5. The molecule has 7 aromatic rings. The number of hydrogen-bond donors (Lipinski definition) is 1. The van der Waals surface area contributed by atoms with Crippen LogP contribution in [0.3, 0.4) is 0 Å². The van der Waals surface area contributed by atoms with Gasteiger partial charge in [-0.15, -0.1) is 0 Å². The number of phenols is 1. The Labute approximate surface area is 323 Å². The average molecular weight is 722 g/mol. The lowest BCUT2D eigenvalue weighted by molar-refractivity contribution is 0.476. The zero-order chi connectivity index (χ0) is 38.4. The molecule has 2 heterocycles. The molecule has 5 aromatic carbocycles. The van der Waals surface area contributed by atoms with Crippen LogP contribution in [0.5, 0.6) is 5.75 Å². The summed E-state index contributed by atoms with van der Waals surface area (Å²) in [6.45, 7) is 15.4. The summed E-state index contributed by atoms with van der Waals surface area (Å²) in [4.78, 5) is 12.2. The van der Waals surface area contributed by atoms with Crippen molar-refractivity contribution in [2.45, 2.75) is 64.7 Å². The smallest absolute Gasteiger partial charge is 0.138 e. The molecule has 0 radical (unpaired) electrons. The fraction of sp³-hybridized carbons (Fsp3) is 0.200. The molecule has 9 rings (SSSR count). The van der Waals surface area contributed by atoms with Crippen LogP contribution in [0.25, 0.3) is 33.6 Å². The lowest BCUT2D eigenvalue weighted by Gasteiger charge is -2.33. The Morgan fingerprint density at radius 3 is 1.87 bits per heavy atom. The van der Waals surface area contributed by atoms with E-state index < -0.39 is 5.41 Å². The molecular formula is C50H44FN3O. The van der Waals surface area contributed by atoms with E-state index in [1.165, 1.54) is 39.4 Å². The Hall–Kier alpha value is -6.07. The molecule has 0 unspecified atom stereocenters. The van der Waals surface area contributed by atoms with Crippen LogP contribution >= 0.6 is 0 Å². The SMILES string of the molecule is Cc1cccc(-c2cc(F)cc(N(c3ccccc3)c3ccc4c(n3)-c3c(O)cccc3C43c4cc(C(C)(C)C)ccc4-c4ccc(C(C)(C)C)cc43)c2)n1. The normalized spacial score (nSPS) is 13.7. The average Bonchev–Trinajstić information content (AvgIpc) is 3.61. The lowest BCUT2D eigenvalue weighted by Crippen LogP contribution is -2.27.